The van der Waals surface area contributed by atoms with Gasteiger partial charge in [-0.3, -0.25) is 4.79 Å². The van der Waals surface area contributed by atoms with Crippen LogP contribution in [0, 0.1) is 6.92 Å². The van der Waals surface area contributed by atoms with Crippen LogP contribution < -0.4 is 10.2 Å². The Bertz CT molecular complexity index is 666. The van der Waals surface area contributed by atoms with Gasteiger partial charge in [0.25, 0.3) is 0 Å². The molecule has 1 aliphatic heterocycles. The molecular formula is C19H24N4O. The molecule has 1 saturated heterocycles. The highest BCUT2D eigenvalue weighted by molar-refractivity contribution is 5.78. The van der Waals surface area contributed by atoms with Gasteiger partial charge in [-0.1, -0.05) is 30.3 Å². The minimum Gasteiger partial charge on any atom is -0.353 e. The van der Waals surface area contributed by atoms with Gasteiger partial charge < -0.3 is 15.1 Å². The van der Waals surface area contributed by atoms with Crippen molar-refractivity contribution in [3.63, 3.8) is 0 Å². The summed E-state index contributed by atoms with van der Waals surface area (Å²) in [4.78, 5) is 20.9. The van der Waals surface area contributed by atoms with Crippen molar-refractivity contribution in [2.75, 3.05) is 37.6 Å². The van der Waals surface area contributed by atoms with E-state index in [2.05, 4.69) is 34.3 Å². The maximum absolute atomic E-state index is 12.3. The number of aryl methyl sites for hydroxylation is 1. The minimum absolute atomic E-state index is 0.171. The summed E-state index contributed by atoms with van der Waals surface area (Å²) in [6.45, 7) is 6.38. The van der Waals surface area contributed by atoms with Crippen LogP contribution in [0.2, 0.25) is 0 Å². The molecule has 5 heteroatoms. The minimum atomic E-state index is 0.171. The average molecular weight is 324 g/mol. The predicted octanol–water partition coefficient (Wildman–Crippen LogP) is 1.83. The Morgan fingerprint density at radius 2 is 1.83 bits per heavy atom. The number of nitrogens with one attached hydrogen (secondary N) is 1. The van der Waals surface area contributed by atoms with Gasteiger partial charge in [-0.05, 0) is 30.2 Å². The first-order valence-electron chi connectivity index (χ1n) is 8.43. The third-order valence-corrected chi connectivity index (χ3v) is 4.46. The lowest BCUT2D eigenvalue weighted by Gasteiger charge is -2.35. The number of amides is 1. The quantitative estimate of drug-likeness (QED) is 0.911. The first kappa shape index (κ1) is 16.5. The van der Waals surface area contributed by atoms with E-state index >= 15 is 0 Å². The van der Waals surface area contributed by atoms with Crippen molar-refractivity contribution in [2.45, 2.75) is 13.5 Å². The largest absolute Gasteiger partial charge is 0.353 e. The third kappa shape index (κ3) is 4.11. The Hall–Kier alpha value is -2.40. The highest BCUT2D eigenvalue weighted by Crippen LogP contribution is 2.12. The molecule has 1 fully saturated rings. The molecule has 0 bridgehead atoms. The van der Waals surface area contributed by atoms with Crippen LogP contribution in [0.3, 0.4) is 0 Å². The molecule has 24 heavy (non-hydrogen) atoms. The Labute approximate surface area is 143 Å². The number of rotatable bonds is 5. The molecule has 1 aliphatic rings. The fourth-order valence-corrected chi connectivity index (χ4v) is 2.95. The number of carbonyl (C=O) groups excluding carboxylic acids is 1. The van der Waals surface area contributed by atoms with Gasteiger partial charge in [0.05, 0.1) is 6.54 Å². The van der Waals surface area contributed by atoms with E-state index in [0.29, 0.717) is 6.54 Å². The molecule has 1 amide bonds. The van der Waals surface area contributed by atoms with Gasteiger partial charge in [-0.25, -0.2) is 4.98 Å². The first-order valence-corrected chi connectivity index (χ1v) is 8.43. The fourth-order valence-electron chi connectivity index (χ4n) is 2.95. The smallest absolute Gasteiger partial charge is 0.236 e. The van der Waals surface area contributed by atoms with E-state index in [4.69, 9.17) is 0 Å². The van der Waals surface area contributed by atoms with E-state index in [0.717, 1.165) is 38.5 Å². The van der Waals surface area contributed by atoms with Crippen molar-refractivity contribution in [3.8, 4) is 0 Å². The van der Waals surface area contributed by atoms with Crippen molar-refractivity contribution >= 4 is 11.7 Å². The Morgan fingerprint density at radius 3 is 2.54 bits per heavy atom. The summed E-state index contributed by atoms with van der Waals surface area (Å²) in [6, 6.07) is 14.2. The Morgan fingerprint density at radius 1 is 1.08 bits per heavy atom. The number of hydrogen-bond acceptors (Lipinski definition) is 4. The molecule has 0 unspecified atom stereocenters. The SMILES string of the molecule is Cc1ccccc1CNCC(=O)N1CCN(c2ccccn2)CC1. The molecule has 0 radical (unpaired) electrons. The third-order valence-electron chi connectivity index (χ3n) is 4.46. The van der Waals surface area contributed by atoms with Crippen LogP contribution in [-0.2, 0) is 11.3 Å². The lowest BCUT2D eigenvalue weighted by atomic mass is 10.1. The Balaban J connectivity index is 1.43. The summed E-state index contributed by atoms with van der Waals surface area (Å²) < 4.78 is 0. The van der Waals surface area contributed by atoms with Gasteiger partial charge >= 0.3 is 0 Å². The van der Waals surface area contributed by atoms with Crippen molar-refractivity contribution in [2.24, 2.45) is 0 Å². The molecule has 1 aromatic heterocycles. The normalized spacial score (nSPS) is 14.7. The van der Waals surface area contributed by atoms with E-state index in [1.807, 2.05) is 41.4 Å². The molecule has 0 spiro atoms. The molecule has 2 heterocycles. The van der Waals surface area contributed by atoms with Crippen LogP contribution >= 0.6 is 0 Å². The number of nitrogens with zero attached hydrogens (tertiary/aromatic N) is 3. The van der Waals surface area contributed by atoms with Crippen molar-refractivity contribution in [3.05, 3.63) is 59.8 Å². The molecule has 1 N–H and O–H groups in total. The lowest BCUT2D eigenvalue weighted by Crippen LogP contribution is -2.51. The zero-order chi connectivity index (χ0) is 16.8. The second kappa shape index (κ2) is 7.93. The van der Waals surface area contributed by atoms with Gasteiger partial charge in [0.15, 0.2) is 0 Å². The zero-order valence-electron chi connectivity index (χ0n) is 14.1. The molecule has 0 atom stereocenters. The van der Waals surface area contributed by atoms with Gasteiger partial charge in [0.1, 0.15) is 5.82 Å². The summed E-state index contributed by atoms with van der Waals surface area (Å²) in [7, 11) is 0. The average Bonchev–Trinajstić information content (AvgIpc) is 2.64. The van der Waals surface area contributed by atoms with Gasteiger partial charge in [-0.15, -0.1) is 0 Å². The van der Waals surface area contributed by atoms with E-state index in [-0.39, 0.29) is 5.91 Å². The summed E-state index contributed by atoms with van der Waals surface area (Å²) in [5.74, 6) is 1.16. The van der Waals surface area contributed by atoms with E-state index < -0.39 is 0 Å². The highest BCUT2D eigenvalue weighted by Gasteiger charge is 2.21. The molecule has 0 saturated carbocycles. The number of anilines is 1. The van der Waals surface area contributed by atoms with Crippen LogP contribution in [-0.4, -0.2) is 48.5 Å². The predicted molar refractivity (Wildman–Crippen MR) is 95.9 cm³/mol. The maximum Gasteiger partial charge on any atom is 0.236 e. The van der Waals surface area contributed by atoms with Gasteiger partial charge in [0.2, 0.25) is 5.91 Å². The molecule has 0 aliphatic carbocycles. The summed E-state index contributed by atoms with van der Waals surface area (Å²) in [5.41, 5.74) is 2.49. The van der Waals surface area contributed by atoms with Crippen LogP contribution in [0.1, 0.15) is 11.1 Å². The first-order chi connectivity index (χ1) is 11.7. The van der Waals surface area contributed by atoms with Crippen LogP contribution in [0.4, 0.5) is 5.82 Å². The molecule has 126 valence electrons. The molecular weight excluding hydrogens is 300 g/mol. The number of hydrogen-bond donors (Lipinski definition) is 1. The van der Waals surface area contributed by atoms with Crippen LogP contribution in [0.5, 0.6) is 0 Å². The van der Waals surface area contributed by atoms with E-state index in [1.165, 1.54) is 11.1 Å². The summed E-state index contributed by atoms with van der Waals surface area (Å²) in [6.07, 6.45) is 1.81. The molecule has 5 nitrogen and oxygen atoms in total. The number of carbonyl (C=O) groups is 1. The van der Waals surface area contributed by atoms with Crippen molar-refractivity contribution in [1.82, 2.24) is 15.2 Å². The van der Waals surface area contributed by atoms with Crippen LogP contribution in [0.15, 0.2) is 48.7 Å². The monoisotopic (exact) mass is 324 g/mol. The second-order valence-electron chi connectivity index (χ2n) is 6.09. The second-order valence-corrected chi connectivity index (χ2v) is 6.09. The summed E-state index contributed by atoms with van der Waals surface area (Å²) >= 11 is 0. The number of pyridine rings is 1. The standard InChI is InChI=1S/C19H24N4O/c1-16-6-2-3-7-17(16)14-20-15-19(24)23-12-10-22(11-13-23)18-8-4-5-9-21-18/h2-9,20H,10-15H2,1H3. The number of piperazine rings is 1. The maximum atomic E-state index is 12.3. The Kier molecular flexibility index (Phi) is 5.43. The zero-order valence-corrected chi connectivity index (χ0v) is 14.1. The number of aromatic nitrogens is 1. The number of benzene rings is 1. The van der Waals surface area contributed by atoms with Gasteiger partial charge in [0, 0.05) is 38.9 Å². The van der Waals surface area contributed by atoms with Gasteiger partial charge in [-0.2, -0.15) is 0 Å². The summed E-state index contributed by atoms with van der Waals surface area (Å²) in [5, 5.41) is 3.27. The molecule has 3 rings (SSSR count). The van der Waals surface area contributed by atoms with Crippen LogP contribution in [0.25, 0.3) is 0 Å². The fraction of sp³-hybridized carbons (Fsp3) is 0.368. The van der Waals surface area contributed by atoms with Crippen molar-refractivity contribution < 1.29 is 4.79 Å². The van der Waals surface area contributed by atoms with Crippen molar-refractivity contribution in [1.29, 1.82) is 0 Å². The molecule has 1 aromatic carbocycles. The highest BCUT2D eigenvalue weighted by atomic mass is 16.2. The van der Waals surface area contributed by atoms with E-state index in [9.17, 15) is 4.79 Å². The van der Waals surface area contributed by atoms with E-state index in [1.54, 1.807) is 0 Å². The molecule has 2 aromatic rings. The lowest BCUT2D eigenvalue weighted by molar-refractivity contribution is -0.130. The topological polar surface area (TPSA) is 48.5 Å².